The molecule has 0 aliphatic heterocycles. The maximum atomic E-state index is 2.15. The van der Waals surface area contributed by atoms with Crippen LogP contribution in [0.2, 0.25) is 0 Å². The first-order chi connectivity index (χ1) is 3.79. The Balaban J connectivity index is 3.03. The summed E-state index contributed by atoms with van der Waals surface area (Å²) in [6, 6.07) is 8.57. The predicted octanol–water partition coefficient (Wildman–Crippen LogP) is 0.253. The molecule has 0 heterocycles. The Morgan fingerprint density at radius 1 is 1.12 bits per heavy atom. The first-order valence-corrected chi connectivity index (χ1v) is 3.82. The van der Waals surface area contributed by atoms with Gasteiger partial charge in [-0.25, -0.2) is 0 Å². The molecule has 0 fully saturated rings. The van der Waals surface area contributed by atoms with Gasteiger partial charge in [0.25, 0.3) is 0 Å². The molecule has 0 spiro atoms. The van der Waals surface area contributed by atoms with Gasteiger partial charge in [-0.1, -0.05) is 0 Å². The van der Waals surface area contributed by atoms with Gasteiger partial charge in [0, 0.05) is 0 Å². The summed E-state index contributed by atoms with van der Waals surface area (Å²) in [6.07, 6.45) is 0. The quantitative estimate of drug-likeness (QED) is 0.487. The van der Waals surface area contributed by atoms with Gasteiger partial charge in [0.15, 0.2) is 0 Å². The summed E-state index contributed by atoms with van der Waals surface area (Å²) >= 11 is 1.68. The van der Waals surface area contributed by atoms with Gasteiger partial charge >= 0.3 is 58.0 Å². The molecule has 0 aliphatic carbocycles. The Morgan fingerprint density at radius 2 is 1.62 bits per heavy atom. The van der Waals surface area contributed by atoms with E-state index in [4.69, 9.17) is 0 Å². The molecule has 0 N–H and O–H groups in total. The van der Waals surface area contributed by atoms with Gasteiger partial charge in [0.1, 0.15) is 0 Å². The minimum atomic E-state index is 1.34. The van der Waals surface area contributed by atoms with E-state index in [-0.39, 0.29) is 0 Å². The normalized spacial score (nSPS) is 9.25. The van der Waals surface area contributed by atoms with Crippen LogP contribution in [-0.2, 0) is 0 Å². The summed E-state index contributed by atoms with van der Waals surface area (Å²) in [5.41, 5.74) is 1.34. The molecular formula is C7H9As. The molecule has 0 saturated carbocycles. The van der Waals surface area contributed by atoms with Crippen molar-refractivity contribution in [3.05, 3.63) is 29.8 Å². The molecule has 1 unspecified atom stereocenters. The van der Waals surface area contributed by atoms with E-state index in [2.05, 4.69) is 31.2 Å². The zero-order chi connectivity index (χ0) is 5.98. The Morgan fingerprint density at radius 3 is 2.00 bits per heavy atom. The van der Waals surface area contributed by atoms with Gasteiger partial charge in [-0.05, 0) is 0 Å². The van der Waals surface area contributed by atoms with Crippen LogP contribution in [-0.4, -0.2) is 16.9 Å². The second-order valence-electron chi connectivity index (χ2n) is 1.91. The molecule has 8 heavy (non-hydrogen) atoms. The van der Waals surface area contributed by atoms with Crippen LogP contribution < -0.4 is 4.35 Å². The summed E-state index contributed by atoms with van der Waals surface area (Å²) in [5, 5.41) is 0. The van der Waals surface area contributed by atoms with Crippen molar-refractivity contribution in [2.75, 3.05) is 0 Å². The van der Waals surface area contributed by atoms with E-state index in [0.29, 0.717) is 0 Å². The van der Waals surface area contributed by atoms with Gasteiger partial charge in [0.05, 0.1) is 0 Å². The van der Waals surface area contributed by atoms with Crippen molar-refractivity contribution in [2.24, 2.45) is 0 Å². The van der Waals surface area contributed by atoms with Crippen molar-refractivity contribution in [1.29, 1.82) is 0 Å². The SMILES string of the molecule is Cc1ccc([AsH2])cc1. The van der Waals surface area contributed by atoms with E-state index >= 15 is 0 Å². The van der Waals surface area contributed by atoms with E-state index in [9.17, 15) is 0 Å². The summed E-state index contributed by atoms with van der Waals surface area (Å²) in [7, 11) is 0. The van der Waals surface area contributed by atoms with Crippen LogP contribution in [0.5, 0.6) is 0 Å². The molecule has 1 rings (SSSR count). The predicted molar refractivity (Wildman–Crippen MR) is 39.4 cm³/mol. The van der Waals surface area contributed by atoms with Gasteiger partial charge in [-0.2, -0.15) is 0 Å². The Labute approximate surface area is 58.4 Å². The van der Waals surface area contributed by atoms with Crippen LogP contribution in [0.3, 0.4) is 0 Å². The van der Waals surface area contributed by atoms with Crippen molar-refractivity contribution >= 4 is 21.2 Å². The third kappa shape index (κ3) is 1.38. The van der Waals surface area contributed by atoms with Crippen molar-refractivity contribution in [2.45, 2.75) is 6.92 Å². The second-order valence-corrected chi connectivity index (χ2v) is 3.31. The molecule has 1 atom stereocenters. The summed E-state index contributed by atoms with van der Waals surface area (Å²) in [4.78, 5) is 0. The van der Waals surface area contributed by atoms with Gasteiger partial charge in [0.2, 0.25) is 0 Å². The second kappa shape index (κ2) is 2.37. The average Bonchev–Trinajstić information content (AvgIpc) is 1.77. The summed E-state index contributed by atoms with van der Waals surface area (Å²) < 4.78 is 1.39. The molecule has 0 radical (unpaired) electrons. The third-order valence-corrected chi connectivity index (χ3v) is 1.88. The van der Waals surface area contributed by atoms with E-state index in [1.807, 2.05) is 0 Å². The van der Waals surface area contributed by atoms with E-state index in [1.165, 1.54) is 9.91 Å². The Hall–Kier alpha value is -0.222. The van der Waals surface area contributed by atoms with Gasteiger partial charge in [-0.15, -0.1) is 0 Å². The first kappa shape index (κ1) is 5.91. The molecule has 1 aromatic rings. The molecule has 0 aliphatic rings. The zero-order valence-electron chi connectivity index (χ0n) is 4.89. The van der Waals surface area contributed by atoms with Crippen molar-refractivity contribution in [3.8, 4) is 0 Å². The molecule has 0 nitrogen and oxygen atoms in total. The van der Waals surface area contributed by atoms with Crippen molar-refractivity contribution < 1.29 is 0 Å². The fourth-order valence-electron chi connectivity index (χ4n) is 0.566. The van der Waals surface area contributed by atoms with Gasteiger partial charge < -0.3 is 0 Å². The summed E-state index contributed by atoms with van der Waals surface area (Å²) in [5.74, 6) is 0. The van der Waals surface area contributed by atoms with Crippen molar-refractivity contribution in [3.63, 3.8) is 0 Å². The van der Waals surface area contributed by atoms with E-state index < -0.39 is 0 Å². The van der Waals surface area contributed by atoms with Crippen LogP contribution in [0.4, 0.5) is 0 Å². The molecule has 0 amide bonds. The van der Waals surface area contributed by atoms with Gasteiger partial charge in [-0.3, -0.25) is 0 Å². The summed E-state index contributed by atoms with van der Waals surface area (Å²) in [6.45, 7) is 2.10. The van der Waals surface area contributed by atoms with E-state index in [0.717, 1.165) is 0 Å². The van der Waals surface area contributed by atoms with Crippen LogP contribution >= 0.6 is 0 Å². The first-order valence-electron chi connectivity index (χ1n) is 2.61. The molecule has 0 saturated heterocycles. The molecule has 42 valence electrons. The average molecular weight is 168 g/mol. The fourth-order valence-corrected chi connectivity index (χ4v) is 0.970. The third-order valence-electron chi connectivity index (χ3n) is 1.08. The Bertz CT molecular complexity index is 143. The number of aryl methyl sites for hydroxylation is 1. The topological polar surface area (TPSA) is 0 Å². The maximum absolute atomic E-state index is 2.15. The van der Waals surface area contributed by atoms with Crippen LogP contribution in [0.1, 0.15) is 5.56 Å². The number of hydrogen-bond donors (Lipinski definition) is 0. The molecule has 1 aromatic carbocycles. The minimum absolute atomic E-state index is 1.34. The fraction of sp³-hybridized carbons (Fsp3) is 0.143. The standard InChI is InChI=1S/C7H9As/c1-6-2-4-7(8)5-3-6/h2-5H,8H2,1H3. The van der Waals surface area contributed by atoms with Crippen LogP contribution in [0.25, 0.3) is 0 Å². The Kier molecular flexibility index (Phi) is 1.75. The van der Waals surface area contributed by atoms with Crippen LogP contribution in [0, 0.1) is 6.92 Å². The van der Waals surface area contributed by atoms with Crippen molar-refractivity contribution in [1.82, 2.24) is 0 Å². The zero-order valence-corrected chi connectivity index (χ0v) is 7.31. The van der Waals surface area contributed by atoms with E-state index in [1.54, 1.807) is 16.9 Å². The monoisotopic (exact) mass is 168 g/mol. The molecular weight excluding hydrogens is 159 g/mol. The molecule has 0 bridgehead atoms. The number of hydrogen-bond acceptors (Lipinski definition) is 0. The number of rotatable bonds is 0. The number of benzene rings is 1. The van der Waals surface area contributed by atoms with Crippen LogP contribution in [0.15, 0.2) is 24.3 Å². The molecule has 1 heteroatoms. The molecule has 0 aromatic heterocycles.